The zero-order valence-electron chi connectivity index (χ0n) is 10.6. The van der Waals surface area contributed by atoms with E-state index in [1.54, 1.807) is 24.3 Å². The van der Waals surface area contributed by atoms with Gasteiger partial charge in [0.05, 0.1) is 11.5 Å². The van der Waals surface area contributed by atoms with E-state index >= 15 is 0 Å². The summed E-state index contributed by atoms with van der Waals surface area (Å²) < 4.78 is 10.2. The third kappa shape index (κ3) is 2.28. The van der Waals surface area contributed by atoms with Crippen LogP contribution < -0.4 is 4.74 Å². The van der Waals surface area contributed by atoms with E-state index in [1.165, 1.54) is 12.1 Å². The minimum atomic E-state index is -0.571. The predicted molar refractivity (Wildman–Crippen MR) is 70.9 cm³/mol. The van der Waals surface area contributed by atoms with Crippen LogP contribution in [0.5, 0.6) is 11.5 Å². The Labute approximate surface area is 117 Å². The van der Waals surface area contributed by atoms with Gasteiger partial charge < -0.3 is 9.84 Å². The van der Waals surface area contributed by atoms with Gasteiger partial charge >= 0.3 is 5.69 Å². The average Bonchev–Trinajstić information content (AvgIpc) is 2.97. The summed E-state index contributed by atoms with van der Waals surface area (Å²) in [6, 6.07) is 9.58. The fraction of sp³-hybridized carbons (Fsp3) is 0.0769. The standard InChI is InChI=1S/C13H9N3O5/c17-7-8-3-1-2-4-10(8)20-11-6-5-9(16(18)19)12-13(11)15-21-14-12/h1-6,17H,7H2. The second-order valence-electron chi connectivity index (χ2n) is 4.17. The van der Waals surface area contributed by atoms with Crippen molar-refractivity contribution < 1.29 is 19.4 Å². The molecule has 1 N–H and O–H groups in total. The first-order chi connectivity index (χ1) is 10.2. The van der Waals surface area contributed by atoms with E-state index in [0.29, 0.717) is 11.3 Å². The summed E-state index contributed by atoms with van der Waals surface area (Å²) in [5, 5.41) is 27.3. The third-order valence-electron chi connectivity index (χ3n) is 2.92. The van der Waals surface area contributed by atoms with Crippen LogP contribution in [0.2, 0.25) is 0 Å². The Kier molecular flexibility index (Phi) is 3.20. The number of hydrogen-bond acceptors (Lipinski definition) is 7. The number of aliphatic hydroxyl groups excluding tert-OH is 1. The molecule has 21 heavy (non-hydrogen) atoms. The lowest BCUT2D eigenvalue weighted by molar-refractivity contribution is -0.383. The van der Waals surface area contributed by atoms with Crippen LogP contribution in [0.3, 0.4) is 0 Å². The van der Waals surface area contributed by atoms with Crippen molar-refractivity contribution in [2.45, 2.75) is 6.61 Å². The molecule has 0 saturated heterocycles. The molecule has 0 aliphatic carbocycles. The molecule has 2 aromatic carbocycles. The second-order valence-corrected chi connectivity index (χ2v) is 4.17. The highest BCUT2D eigenvalue weighted by molar-refractivity contribution is 5.88. The Bertz CT molecular complexity index is 814. The van der Waals surface area contributed by atoms with Crippen LogP contribution >= 0.6 is 0 Å². The number of nitro benzene ring substituents is 1. The van der Waals surface area contributed by atoms with Crippen LogP contribution in [0.25, 0.3) is 11.0 Å². The molecule has 0 radical (unpaired) electrons. The molecule has 0 atom stereocenters. The summed E-state index contributed by atoms with van der Waals surface area (Å²) in [6.45, 7) is -0.191. The van der Waals surface area contributed by atoms with Crippen LogP contribution in [-0.4, -0.2) is 20.3 Å². The van der Waals surface area contributed by atoms with E-state index in [2.05, 4.69) is 14.9 Å². The number of nitrogens with zero attached hydrogens (tertiary/aromatic N) is 3. The maximum atomic E-state index is 10.9. The number of non-ortho nitro benzene ring substituents is 1. The molecule has 0 unspecified atom stereocenters. The summed E-state index contributed by atoms with van der Waals surface area (Å²) in [6.07, 6.45) is 0. The van der Waals surface area contributed by atoms with E-state index in [1.807, 2.05) is 0 Å². The molecule has 0 fully saturated rings. The zero-order valence-corrected chi connectivity index (χ0v) is 10.6. The first kappa shape index (κ1) is 13.0. The summed E-state index contributed by atoms with van der Waals surface area (Å²) in [5.41, 5.74) is 0.533. The number of nitro groups is 1. The molecule has 8 heteroatoms. The van der Waals surface area contributed by atoms with Gasteiger partial charge in [0, 0.05) is 11.6 Å². The lowest BCUT2D eigenvalue weighted by Gasteiger charge is -2.09. The van der Waals surface area contributed by atoms with Gasteiger partial charge in [-0.3, -0.25) is 10.1 Å². The van der Waals surface area contributed by atoms with Crippen molar-refractivity contribution >= 4 is 16.7 Å². The van der Waals surface area contributed by atoms with Gasteiger partial charge in [0.15, 0.2) is 11.3 Å². The molecule has 0 aliphatic heterocycles. The van der Waals surface area contributed by atoms with Crippen molar-refractivity contribution in [2.24, 2.45) is 0 Å². The number of para-hydroxylation sites is 1. The maximum absolute atomic E-state index is 10.9. The number of aromatic nitrogens is 2. The van der Waals surface area contributed by atoms with Gasteiger partial charge in [0.2, 0.25) is 5.52 Å². The first-order valence-corrected chi connectivity index (χ1v) is 5.97. The molecule has 0 aliphatic rings. The lowest BCUT2D eigenvalue weighted by atomic mass is 10.2. The fourth-order valence-corrected chi connectivity index (χ4v) is 1.91. The largest absolute Gasteiger partial charge is 0.454 e. The highest BCUT2D eigenvalue weighted by atomic mass is 16.6. The van der Waals surface area contributed by atoms with Crippen LogP contribution in [0, 0.1) is 10.1 Å². The molecule has 3 aromatic rings. The van der Waals surface area contributed by atoms with E-state index in [-0.39, 0.29) is 29.1 Å². The van der Waals surface area contributed by atoms with E-state index in [9.17, 15) is 15.2 Å². The van der Waals surface area contributed by atoms with Gasteiger partial charge in [-0.25, -0.2) is 4.63 Å². The van der Waals surface area contributed by atoms with Crippen molar-refractivity contribution in [3.8, 4) is 11.5 Å². The molecular weight excluding hydrogens is 278 g/mol. The van der Waals surface area contributed by atoms with Gasteiger partial charge in [0.25, 0.3) is 0 Å². The van der Waals surface area contributed by atoms with Crippen molar-refractivity contribution in [3.05, 3.63) is 52.1 Å². The lowest BCUT2D eigenvalue weighted by Crippen LogP contribution is -1.94. The number of rotatable bonds is 4. The van der Waals surface area contributed by atoms with Crippen molar-refractivity contribution in [3.63, 3.8) is 0 Å². The Balaban J connectivity index is 2.08. The Hall–Kier alpha value is -3.00. The Morgan fingerprint density at radius 1 is 1.14 bits per heavy atom. The Morgan fingerprint density at radius 2 is 1.90 bits per heavy atom. The zero-order chi connectivity index (χ0) is 14.8. The van der Waals surface area contributed by atoms with Gasteiger partial charge in [0.1, 0.15) is 5.75 Å². The monoisotopic (exact) mass is 287 g/mol. The Morgan fingerprint density at radius 3 is 2.67 bits per heavy atom. The molecule has 3 rings (SSSR count). The number of aliphatic hydroxyl groups is 1. The molecule has 8 nitrogen and oxygen atoms in total. The molecule has 1 heterocycles. The molecule has 0 bridgehead atoms. The van der Waals surface area contributed by atoms with Crippen molar-refractivity contribution in [2.75, 3.05) is 0 Å². The highest BCUT2D eigenvalue weighted by Crippen LogP contribution is 2.34. The van der Waals surface area contributed by atoms with Crippen LogP contribution in [0.15, 0.2) is 41.0 Å². The number of fused-ring (bicyclic) bond motifs is 1. The topological polar surface area (TPSA) is 112 Å². The van der Waals surface area contributed by atoms with E-state index < -0.39 is 4.92 Å². The van der Waals surface area contributed by atoms with E-state index in [0.717, 1.165) is 0 Å². The third-order valence-corrected chi connectivity index (χ3v) is 2.92. The van der Waals surface area contributed by atoms with Crippen molar-refractivity contribution in [1.29, 1.82) is 0 Å². The second kappa shape index (κ2) is 5.17. The van der Waals surface area contributed by atoms with E-state index in [4.69, 9.17) is 4.74 Å². The predicted octanol–water partition coefficient (Wildman–Crippen LogP) is 2.42. The maximum Gasteiger partial charge on any atom is 0.301 e. The van der Waals surface area contributed by atoms with Crippen LogP contribution in [-0.2, 0) is 6.61 Å². The van der Waals surface area contributed by atoms with Gasteiger partial charge in [-0.2, -0.15) is 0 Å². The smallest absolute Gasteiger partial charge is 0.301 e. The summed E-state index contributed by atoms with van der Waals surface area (Å²) in [4.78, 5) is 10.3. The molecule has 0 saturated carbocycles. The number of hydrogen-bond donors (Lipinski definition) is 1. The normalized spacial score (nSPS) is 10.7. The summed E-state index contributed by atoms with van der Waals surface area (Å²) >= 11 is 0. The average molecular weight is 287 g/mol. The fourth-order valence-electron chi connectivity index (χ4n) is 1.91. The minimum absolute atomic E-state index is 0.0129. The number of ether oxygens (including phenoxy) is 1. The van der Waals surface area contributed by atoms with Crippen LogP contribution in [0.4, 0.5) is 5.69 Å². The van der Waals surface area contributed by atoms with Gasteiger partial charge in [-0.05, 0) is 22.4 Å². The molecule has 106 valence electrons. The number of benzene rings is 2. The minimum Gasteiger partial charge on any atom is -0.454 e. The quantitative estimate of drug-likeness (QED) is 0.579. The molecule has 0 amide bonds. The van der Waals surface area contributed by atoms with Gasteiger partial charge in [-0.15, -0.1) is 0 Å². The first-order valence-electron chi connectivity index (χ1n) is 5.97. The highest BCUT2D eigenvalue weighted by Gasteiger charge is 2.21. The van der Waals surface area contributed by atoms with Gasteiger partial charge in [-0.1, -0.05) is 18.2 Å². The van der Waals surface area contributed by atoms with Crippen molar-refractivity contribution in [1.82, 2.24) is 10.3 Å². The molecule has 1 aromatic heterocycles. The molecule has 0 spiro atoms. The van der Waals surface area contributed by atoms with Crippen LogP contribution in [0.1, 0.15) is 5.56 Å². The SMILES string of the molecule is O=[N+]([O-])c1ccc(Oc2ccccc2CO)c2nonc12. The summed E-state index contributed by atoms with van der Waals surface area (Å²) in [5.74, 6) is 0.691. The molecular formula is C13H9N3O5. The summed E-state index contributed by atoms with van der Waals surface area (Å²) in [7, 11) is 0.